The van der Waals surface area contributed by atoms with Crippen LogP contribution in [0.15, 0.2) is 0 Å². The van der Waals surface area contributed by atoms with E-state index in [-0.39, 0.29) is 25.7 Å². The van der Waals surface area contributed by atoms with Gasteiger partial charge in [0.2, 0.25) is 0 Å². The van der Waals surface area contributed by atoms with Crippen LogP contribution in [0.3, 0.4) is 0 Å². The maximum atomic E-state index is 13.1. The molecule has 19 heteroatoms. The molecule has 0 aromatic heterocycles. The number of carbonyl (C=O) groups excluding carboxylic acids is 4. The first kappa shape index (κ1) is 99.1. The third-order valence-electron chi connectivity index (χ3n) is 19.5. The maximum absolute atomic E-state index is 13.1. The number of rotatable bonds is 80. The minimum absolute atomic E-state index is 0.105. The Bertz CT molecular complexity index is 1960. The SMILES string of the molecule is CCCCCCCCCCCCCCCCCCCCCC(=O)O[C@H](COC(=O)CCCCCCCCCCCCCCCCC(C)CC)COP(=O)(O)OC[C@@H](O)COP(=O)(O)OC[C@@H](COC(=O)CCCCCCCCCCC(C)C)OC(=O)CCCCCCCCCCCCC(C)C. The van der Waals surface area contributed by atoms with Gasteiger partial charge in [-0.3, -0.25) is 37.3 Å². The molecule has 0 bridgehead atoms. The van der Waals surface area contributed by atoms with E-state index in [4.69, 9.17) is 37.0 Å². The van der Waals surface area contributed by atoms with Crippen LogP contribution in [0.2, 0.25) is 0 Å². The quantitative estimate of drug-likeness (QED) is 0.0222. The maximum Gasteiger partial charge on any atom is 0.472 e. The molecule has 0 aromatic rings. The van der Waals surface area contributed by atoms with E-state index < -0.39 is 97.5 Å². The van der Waals surface area contributed by atoms with E-state index in [2.05, 4.69) is 48.5 Å². The number of hydrogen-bond acceptors (Lipinski definition) is 15. The number of ether oxygens (including phenoxy) is 4. The van der Waals surface area contributed by atoms with Gasteiger partial charge in [0.1, 0.15) is 19.3 Å². The average Bonchev–Trinajstić information content (AvgIpc) is 1.28. The first-order chi connectivity index (χ1) is 48.8. The van der Waals surface area contributed by atoms with Crippen molar-refractivity contribution in [2.75, 3.05) is 39.6 Å². The molecule has 3 N–H and O–H groups in total. The fourth-order valence-corrected chi connectivity index (χ4v) is 14.2. The van der Waals surface area contributed by atoms with Crippen molar-refractivity contribution in [2.45, 2.75) is 446 Å². The van der Waals surface area contributed by atoms with E-state index in [9.17, 15) is 43.2 Å². The Morgan fingerprint density at radius 2 is 0.505 bits per heavy atom. The molecule has 0 aliphatic carbocycles. The van der Waals surface area contributed by atoms with Crippen LogP contribution in [-0.4, -0.2) is 96.7 Å². The smallest absolute Gasteiger partial charge is 0.462 e. The molecule has 0 rings (SSSR count). The normalized spacial score (nSPS) is 14.2. The molecule has 0 radical (unpaired) electrons. The van der Waals surface area contributed by atoms with Crippen LogP contribution in [-0.2, 0) is 65.4 Å². The van der Waals surface area contributed by atoms with E-state index in [1.807, 2.05) is 0 Å². The van der Waals surface area contributed by atoms with Crippen LogP contribution in [0.1, 0.15) is 427 Å². The van der Waals surface area contributed by atoms with Crippen LogP contribution in [0.4, 0.5) is 0 Å². The molecule has 17 nitrogen and oxygen atoms in total. The molecule has 0 fully saturated rings. The molecule has 0 heterocycles. The number of hydrogen-bond donors (Lipinski definition) is 3. The van der Waals surface area contributed by atoms with Gasteiger partial charge in [-0.05, 0) is 43.4 Å². The standard InChI is InChI=1S/C82H160O17P2/c1-8-10-11-12-13-14-15-16-17-18-19-20-21-26-29-35-44-51-58-65-81(86)98-77(69-92-79(84)63-56-49-42-34-28-25-23-22-24-27-33-41-48-55-62-75(7)9-2)71-96-100(88,89)94-67-76(83)68-95-101(90,91)97-72-78(70-93-80(85)64-57-50-43-38-37-40-47-54-61-74(5)6)99-82(87)66-59-52-45-36-31-30-32-39-46-53-60-73(3)4/h73-78,83H,8-72H2,1-7H3,(H,88,89)(H,90,91)/t75?,76-,77-,78-/m1/s1. The highest BCUT2D eigenvalue weighted by molar-refractivity contribution is 7.47. The van der Waals surface area contributed by atoms with Gasteiger partial charge in [0.05, 0.1) is 26.4 Å². The Hall–Kier alpha value is -1.94. The lowest BCUT2D eigenvalue weighted by Crippen LogP contribution is -2.30. The Balaban J connectivity index is 5.25. The third-order valence-corrected chi connectivity index (χ3v) is 21.4. The van der Waals surface area contributed by atoms with Gasteiger partial charge in [0.15, 0.2) is 12.2 Å². The van der Waals surface area contributed by atoms with Gasteiger partial charge in [-0.15, -0.1) is 0 Å². The number of aliphatic hydroxyl groups excluding tert-OH is 1. The number of phosphoric acid groups is 2. The van der Waals surface area contributed by atoms with Crippen LogP contribution >= 0.6 is 15.6 Å². The molecule has 0 saturated carbocycles. The Morgan fingerprint density at radius 3 is 0.752 bits per heavy atom. The highest BCUT2D eigenvalue weighted by Gasteiger charge is 2.30. The van der Waals surface area contributed by atoms with Crippen LogP contribution in [0, 0.1) is 17.8 Å². The van der Waals surface area contributed by atoms with Crippen molar-refractivity contribution >= 4 is 39.5 Å². The molecule has 6 atom stereocenters. The van der Waals surface area contributed by atoms with Gasteiger partial charge in [0.25, 0.3) is 0 Å². The van der Waals surface area contributed by atoms with Gasteiger partial charge in [-0.1, -0.05) is 376 Å². The first-order valence-corrected chi connectivity index (χ1v) is 45.4. The van der Waals surface area contributed by atoms with E-state index in [0.29, 0.717) is 25.7 Å². The van der Waals surface area contributed by atoms with Crippen molar-refractivity contribution in [3.8, 4) is 0 Å². The van der Waals surface area contributed by atoms with E-state index >= 15 is 0 Å². The van der Waals surface area contributed by atoms with Crippen molar-refractivity contribution in [1.29, 1.82) is 0 Å². The predicted octanol–water partition coefficient (Wildman–Crippen LogP) is 24.5. The lowest BCUT2D eigenvalue weighted by Gasteiger charge is -2.21. The first-order valence-electron chi connectivity index (χ1n) is 42.4. The van der Waals surface area contributed by atoms with Crippen molar-refractivity contribution < 1.29 is 80.2 Å². The molecule has 0 aromatic carbocycles. The molecule has 0 spiro atoms. The lowest BCUT2D eigenvalue weighted by molar-refractivity contribution is -0.161. The van der Waals surface area contributed by atoms with Crippen molar-refractivity contribution in [2.24, 2.45) is 17.8 Å². The zero-order valence-electron chi connectivity index (χ0n) is 66.4. The molecule has 600 valence electrons. The summed E-state index contributed by atoms with van der Waals surface area (Å²) in [5.74, 6) is 0.218. The number of aliphatic hydroxyl groups is 1. The molecule has 101 heavy (non-hydrogen) atoms. The topological polar surface area (TPSA) is 237 Å². The zero-order valence-corrected chi connectivity index (χ0v) is 68.2. The number of unbranched alkanes of at least 4 members (excludes halogenated alkanes) is 47. The number of esters is 4. The van der Waals surface area contributed by atoms with E-state index in [0.717, 1.165) is 108 Å². The minimum Gasteiger partial charge on any atom is -0.462 e. The van der Waals surface area contributed by atoms with Crippen molar-refractivity contribution in [3.05, 3.63) is 0 Å². The predicted molar refractivity (Wildman–Crippen MR) is 414 cm³/mol. The monoisotopic (exact) mass is 1480 g/mol. The Kier molecular flexibility index (Phi) is 70.9. The molecule has 0 saturated heterocycles. The summed E-state index contributed by atoms with van der Waals surface area (Å²) in [6, 6.07) is 0. The van der Waals surface area contributed by atoms with Crippen LogP contribution in [0.5, 0.6) is 0 Å². The van der Waals surface area contributed by atoms with E-state index in [1.165, 1.54) is 238 Å². The van der Waals surface area contributed by atoms with Crippen LogP contribution < -0.4 is 0 Å². The third kappa shape index (κ3) is 74.7. The Labute approximate surface area is 619 Å². The zero-order chi connectivity index (χ0) is 74.4. The van der Waals surface area contributed by atoms with Gasteiger partial charge >= 0.3 is 39.5 Å². The second-order valence-electron chi connectivity index (χ2n) is 30.7. The largest absolute Gasteiger partial charge is 0.472 e. The molecular weight excluding hydrogens is 1320 g/mol. The summed E-state index contributed by atoms with van der Waals surface area (Å²) < 4.78 is 68.8. The lowest BCUT2D eigenvalue weighted by atomic mass is 9.99. The number of carbonyl (C=O) groups is 4. The second kappa shape index (κ2) is 72.3. The summed E-state index contributed by atoms with van der Waals surface area (Å²) in [6.07, 6.45) is 61.1. The fraction of sp³-hybridized carbons (Fsp3) is 0.951. The summed E-state index contributed by atoms with van der Waals surface area (Å²) in [5.41, 5.74) is 0. The second-order valence-corrected chi connectivity index (χ2v) is 33.6. The average molecular weight is 1480 g/mol. The summed E-state index contributed by atoms with van der Waals surface area (Å²) in [4.78, 5) is 73.1. The van der Waals surface area contributed by atoms with Gasteiger partial charge < -0.3 is 33.8 Å². The molecule has 0 aliphatic heterocycles. The fourth-order valence-electron chi connectivity index (χ4n) is 12.6. The van der Waals surface area contributed by atoms with Gasteiger partial charge in [0, 0.05) is 25.7 Å². The molecule has 0 amide bonds. The summed E-state index contributed by atoms with van der Waals surface area (Å²) >= 11 is 0. The highest BCUT2D eigenvalue weighted by atomic mass is 31.2. The molecule has 3 unspecified atom stereocenters. The van der Waals surface area contributed by atoms with Crippen molar-refractivity contribution in [1.82, 2.24) is 0 Å². The van der Waals surface area contributed by atoms with Crippen LogP contribution in [0.25, 0.3) is 0 Å². The summed E-state index contributed by atoms with van der Waals surface area (Å²) in [6.45, 7) is 12.0. The molecule has 0 aliphatic rings. The van der Waals surface area contributed by atoms with Crippen molar-refractivity contribution in [3.63, 3.8) is 0 Å². The highest BCUT2D eigenvalue weighted by Crippen LogP contribution is 2.45. The van der Waals surface area contributed by atoms with Gasteiger partial charge in [-0.25, -0.2) is 9.13 Å². The van der Waals surface area contributed by atoms with E-state index in [1.54, 1.807) is 0 Å². The summed E-state index contributed by atoms with van der Waals surface area (Å²) in [7, 11) is -9.92. The summed E-state index contributed by atoms with van der Waals surface area (Å²) in [5, 5.41) is 10.6. The minimum atomic E-state index is -4.96. The Morgan fingerprint density at radius 1 is 0.287 bits per heavy atom. The molecular formula is C82H160O17P2. The number of phosphoric ester groups is 2. The van der Waals surface area contributed by atoms with Gasteiger partial charge in [-0.2, -0.15) is 0 Å².